The van der Waals surface area contributed by atoms with Crippen LogP contribution in [0.25, 0.3) is 0 Å². The summed E-state index contributed by atoms with van der Waals surface area (Å²) in [5, 5.41) is 0. The lowest BCUT2D eigenvalue weighted by atomic mass is 10.0. The molecule has 0 aromatic carbocycles. The van der Waals surface area contributed by atoms with Gasteiger partial charge in [0.2, 0.25) is 5.91 Å². The van der Waals surface area contributed by atoms with Crippen LogP contribution < -0.4 is 5.73 Å². The second-order valence-corrected chi connectivity index (χ2v) is 3.03. The number of nitrogens with zero attached hydrogens (tertiary/aromatic N) is 1. The van der Waals surface area contributed by atoms with Crippen molar-refractivity contribution in [1.29, 1.82) is 0 Å². The highest BCUT2D eigenvalue weighted by molar-refractivity contribution is 5.83. The summed E-state index contributed by atoms with van der Waals surface area (Å²) in [4.78, 5) is 15.1. The number of pyridine rings is 1. The first-order valence-corrected chi connectivity index (χ1v) is 4.02. The van der Waals surface area contributed by atoms with E-state index in [1.807, 2.05) is 12.1 Å². The third kappa shape index (κ3) is 0.978. The van der Waals surface area contributed by atoms with E-state index in [2.05, 4.69) is 4.98 Å². The van der Waals surface area contributed by atoms with Crippen LogP contribution in [-0.4, -0.2) is 10.9 Å². The lowest BCUT2D eigenvalue weighted by Gasteiger charge is -2.04. The first-order valence-electron chi connectivity index (χ1n) is 4.02. The summed E-state index contributed by atoms with van der Waals surface area (Å²) >= 11 is 0. The van der Waals surface area contributed by atoms with Crippen molar-refractivity contribution in [1.82, 2.24) is 4.98 Å². The maximum Gasteiger partial charge on any atom is 0.225 e. The molecule has 1 atom stereocenters. The smallest absolute Gasteiger partial charge is 0.225 e. The molecule has 1 aromatic heterocycles. The van der Waals surface area contributed by atoms with E-state index in [1.165, 1.54) is 0 Å². The van der Waals surface area contributed by atoms with E-state index in [4.69, 9.17) is 5.73 Å². The zero-order chi connectivity index (χ0) is 8.55. The summed E-state index contributed by atoms with van der Waals surface area (Å²) in [6.45, 7) is 0. The number of amides is 1. The van der Waals surface area contributed by atoms with Crippen molar-refractivity contribution in [2.24, 2.45) is 5.73 Å². The Kier molecular flexibility index (Phi) is 1.57. The van der Waals surface area contributed by atoms with E-state index >= 15 is 0 Å². The molecule has 3 nitrogen and oxygen atoms in total. The Morgan fingerprint density at radius 2 is 2.50 bits per heavy atom. The quantitative estimate of drug-likeness (QED) is 0.657. The Labute approximate surface area is 70.6 Å². The van der Waals surface area contributed by atoms with Crippen molar-refractivity contribution in [3.63, 3.8) is 0 Å². The standard InChI is InChI=1S/C9H10N2O/c10-9(12)7-3-4-8-6(7)2-1-5-11-8/h1-2,5,7H,3-4H2,(H2,10,12)/t7-/m0/s1. The van der Waals surface area contributed by atoms with E-state index in [9.17, 15) is 4.79 Å². The molecule has 1 amide bonds. The highest BCUT2D eigenvalue weighted by Gasteiger charge is 2.26. The highest BCUT2D eigenvalue weighted by atomic mass is 16.1. The topological polar surface area (TPSA) is 56.0 Å². The largest absolute Gasteiger partial charge is 0.369 e. The zero-order valence-electron chi connectivity index (χ0n) is 6.66. The summed E-state index contributed by atoms with van der Waals surface area (Å²) in [5.74, 6) is -0.338. The van der Waals surface area contributed by atoms with Gasteiger partial charge in [0.15, 0.2) is 0 Å². The normalized spacial score (nSPS) is 20.5. The number of hydrogen-bond donors (Lipinski definition) is 1. The molecule has 2 N–H and O–H groups in total. The zero-order valence-corrected chi connectivity index (χ0v) is 6.66. The molecule has 0 bridgehead atoms. The molecular formula is C9H10N2O. The van der Waals surface area contributed by atoms with Crippen LogP contribution >= 0.6 is 0 Å². The van der Waals surface area contributed by atoms with Gasteiger partial charge in [0.1, 0.15) is 0 Å². The summed E-state index contributed by atoms with van der Waals surface area (Å²) in [5.41, 5.74) is 7.29. The Bertz CT molecular complexity index is 322. The van der Waals surface area contributed by atoms with E-state index in [0.717, 1.165) is 24.1 Å². The van der Waals surface area contributed by atoms with Crippen molar-refractivity contribution >= 4 is 5.91 Å². The third-order valence-electron chi connectivity index (χ3n) is 2.31. The maximum absolute atomic E-state index is 11.0. The molecule has 1 aromatic rings. The number of nitrogens with two attached hydrogens (primary N) is 1. The molecule has 12 heavy (non-hydrogen) atoms. The molecule has 0 spiro atoms. The van der Waals surface area contributed by atoms with E-state index < -0.39 is 0 Å². The average Bonchev–Trinajstić information content (AvgIpc) is 2.47. The number of carbonyl (C=O) groups is 1. The van der Waals surface area contributed by atoms with Crippen molar-refractivity contribution in [2.45, 2.75) is 18.8 Å². The predicted octanol–water partition coefficient (Wildman–Crippen LogP) is 0.597. The Hall–Kier alpha value is -1.38. The highest BCUT2D eigenvalue weighted by Crippen LogP contribution is 2.30. The maximum atomic E-state index is 11.0. The molecule has 0 radical (unpaired) electrons. The van der Waals surface area contributed by atoms with Gasteiger partial charge < -0.3 is 5.73 Å². The molecule has 2 rings (SSSR count). The van der Waals surface area contributed by atoms with Crippen LogP contribution in [0.15, 0.2) is 18.3 Å². The first kappa shape index (κ1) is 7.28. The summed E-state index contributed by atoms with van der Waals surface area (Å²) in [6.07, 6.45) is 3.45. The monoisotopic (exact) mass is 162 g/mol. The van der Waals surface area contributed by atoms with Crippen LogP contribution in [0.1, 0.15) is 23.6 Å². The molecule has 62 valence electrons. The third-order valence-corrected chi connectivity index (χ3v) is 2.31. The van der Waals surface area contributed by atoms with E-state index in [-0.39, 0.29) is 11.8 Å². The van der Waals surface area contributed by atoms with Crippen molar-refractivity contribution in [3.8, 4) is 0 Å². The van der Waals surface area contributed by atoms with Gasteiger partial charge in [0.05, 0.1) is 5.92 Å². The van der Waals surface area contributed by atoms with Gasteiger partial charge in [-0.3, -0.25) is 9.78 Å². The first-order chi connectivity index (χ1) is 5.79. The summed E-state index contributed by atoms with van der Waals surface area (Å²) in [6, 6.07) is 3.78. The molecule has 1 aliphatic rings. The molecule has 0 unspecified atom stereocenters. The number of primary amides is 1. The molecular weight excluding hydrogens is 152 g/mol. The number of aromatic nitrogens is 1. The second-order valence-electron chi connectivity index (χ2n) is 3.03. The van der Waals surface area contributed by atoms with Crippen molar-refractivity contribution in [2.75, 3.05) is 0 Å². The predicted molar refractivity (Wildman–Crippen MR) is 44.5 cm³/mol. The number of hydrogen-bond acceptors (Lipinski definition) is 2. The van der Waals surface area contributed by atoms with Gasteiger partial charge in [0.25, 0.3) is 0 Å². The van der Waals surface area contributed by atoms with Crippen LogP contribution in [0.2, 0.25) is 0 Å². The fourth-order valence-electron chi connectivity index (χ4n) is 1.71. The molecule has 0 saturated carbocycles. The molecule has 1 aliphatic carbocycles. The Morgan fingerprint density at radius 1 is 1.67 bits per heavy atom. The second kappa shape index (κ2) is 2.59. The molecule has 0 fully saturated rings. The van der Waals surface area contributed by atoms with Gasteiger partial charge in [-0.2, -0.15) is 0 Å². The number of carbonyl (C=O) groups excluding carboxylic acids is 1. The van der Waals surface area contributed by atoms with Gasteiger partial charge in [-0.15, -0.1) is 0 Å². The number of aryl methyl sites for hydroxylation is 1. The fraction of sp³-hybridized carbons (Fsp3) is 0.333. The lowest BCUT2D eigenvalue weighted by molar-refractivity contribution is -0.119. The Morgan fingerprint density at radius 3 is 3.25 bits per heavy atom. The summed E-state index contributed by atoms with van der Waals surface area (Å²) < 4.78 is 0. The van der Waals surface area contributed by atoms with E-state index in [0.29, 0.717) is 0 Å². The van der Waals surface area contributed by atoms with Crippen LogP contribution in [0, 0.1) is 0 Å². The SMILES string of the molecule is NC(=O)[C@H]1CCc2ncccc21. The van der Waals surface area contributed by atoms with Gasteiger partial charge in [0, 0.05) is 11.9 Å². The average molecular weight is 162 g/mol. The number of fused-ring (bicyclic) bond motifs is 1. The number of rotatable bonds is 1. The lowest BCUT2D eigenvalue weighted by Crippen LogP contribution is -2.19. The minimum atomic E-state index is -0.234. The van der Waals surface area contributed by atoms with Crippen molar-refractivity contribution in [3.05, 3.63) is 29.6 Å². The fourth-order valence-corrected chi connectivity index (χ4v) is 1.71. The molecule has 0 aliphatic heterocycles. The minimum absolute atomic E-state index is 0.103. The van der Waals surface area contributed by atoms with Crippen LogP contribution in [0.3, 0.4) is 0 Å². The van der Waals surface area contributed by atoms with Gasteiger partial charge in [-0.25, -0.2) is 0 Å². The van der Waals surface area contributed by atoms with Gasteiger partial charge in [-0.1, -0.05) is 6.07 Å². The minimum Gasteiger partial charge on any atom is -0.369 e. The van der Waals surface area contributed by atoms with Crippen LogP contribution in [0.5, 0.6) is 0 Å². The molecule has 1 heterocycles. The van der Waals surface area contributed by atoms with Crippen LogP contribution in [-0.2, 0) is 11.2 Å². The molecule has 3 heteroatoms. The summed E-state index contributed by atoms with van der Waals surface area (Å²) in [7, 11) is 0. The molecule has 0 saturated heterocycles. The van der Waals surface area contributed by atoms with Gasteiger partial charge in [-0.05, 0) is 24.5 Å². The van der Waals surface area contributed by atoms with Crippen molar-refractivity contribution < 1.29 is 4.79 Å². The van der Waals surface area contributed by atoms with Crippen LogP contribution in [0.4, 0.5) is 0 Å². The van der Waals surface area contributed by atoms with E-state index in [1.54, 1.807) is 6.20 Å². The Balaban J connectivity index is 2.42. The van der Waals surface area contributed by atoms with Gasteiger partial charge >= 0.3 is 0 Å².